The highest BCUT2D eigenvalue weighted by Crippen LogP contribution is 2.22. The lowest BCUT2D eigenvalue weighted by Gasteiger charge is -2.15. The van der Waals surface area contributed by atoms with Gasteiger partial charge in [0, 0.05) is 18.7 Å². The molecule has 1 fully saturated rings. The molecule has 1 aromatic carbocycles. The molecular formula is C13H16F2N2O2. The summed E-state index contributed by atoms with van der Waals surface area (Å²) in [6.07, 6.45) is 0.876. The van der Waals surface area contributed by atoms with Crippen LogP contribution < -0.4 is 5.32 Å². The largest absolute Gasteiger partial charge is 0.465 e. The first-order valence-corrected chi connectivity index (χ1v) is 6.03. The fraction of sp³-hybridized carbons (Fsp3) is 0.462. The fourth-order valence-corrected chi connectivity index (χ4v) is 2.20. The van der Waals surface area contributed by atoms with E-state index >= 15 is 0 Å². The SMILES string of the molecule is COC(=O)c1cc(NC2CCN(C)C2)c(F)cc1F. The highest BCUT2D eigenvalue weighted by atomic mass is 19.1. The fourth-order valence-electron chi connectivity index (χ4n) is 2.20. The van der Waals surface area contributed by atoms with Gasteiger partial charge in [0.25, 0.3) is 0 Å². The molecule has 2 rings (SSSR count). The monoisotopic (exact) mass is 270 g/mol. The van der Waals surface area contributed by atoms with Crippen LogP contribution in [-0.4, -0.2) is 44.2 Å². The number of hydrogen-bond acceptors (Lipinski definition) is 4. The van der Waals surface area contributed by atoms with Crippen LogP contribution in [0.1, 0.15) is 16.8 Å². The summed E-state index contributed by atoms with van der Waals surface area (Å²) in [6, 6.07) is 1.96. The van der Waals surface area contributed by atoms with Crippen LogP contribution in [0.4, 0.5) is 14.5 Å². The van der Waals surface area contributed by atoms with E-state index < -0.39 is 17.6 Å². The first-order valence-electron chi connectivity index (χ1n) is 6.03. The van der Waals surface area contributed by atoms with E-state index in [1.807, 2.05) is 7.05 Å². The van der Waals surface area contributed by atoms with E-state index in [-0.39, 0.29) is 17.3 Å². The highest BCUT2D eigenvalue weighted by molar-refractivity contribution is 5.90. The first-order chi connectivity index (χ1) is 9.01. The van der Waals surface area contributed by atoms with Crippen molar-refractivity contribution < 1.29 is 18.3 Å². The summed E-state index contributed by atoms with van der Waals surface area (Å²) in [4.78, 5) is 13.5. The maximum atomic E-state index is 13.7. The molecule has 4 nitrogen and oxygen atoms in total. The number of nitrogens with zero attached hydrogens (tertiary/aromatic N) is 1. The molecule has 0 aliphatic carbocycles. The number of rotatable bonds is 3. The van der Waals surface area contributed by atoms with Crippen molar-refractivity contribution in [2.24, 2.45) is 0 Å². The second kappa shape index (κ2) is 5.52. The average molecular weight is 270 g/mol. The molecule has 0 bridgehead atoms. The Morgan fingerprint density at radius 3 is 2.74 bits per heavy atom. The third-order valence-electron chi connectivity index (χ3n) is 3.21. The smallest absolute Gasteiger partial charge is 0.340 e. The summed E-state index contributed by atoms with van der Waals surface area (Å²) in [7, 11) is 3.13. The Hall–Kier alpha value is -1.69. The van der Waals surface area contributed by atoms with Crippen LogP contribution >= 0.6 is 0 Å². The Labute approximate surface area is 110 Å². The van der Waals surface area contributed by atoms with E-state index in [0.717, 1.165) is 32.7 Å². The van der Waals surface area contributed by atoms with Gasteiger partial charge in [-0.2, -0.15) is 0 Å². The maximum absolute atomic E-state index is 13.7. The van der Waals surface area contributed by atoms with Crippen LogP contribution in [0, 0.1) is 11.6 Å². The van der Waals surface area contributed by atoms with Crippen molar-refractivity contribution in [3.05, 3.63) is 29.3 Å². The molecule has 1 aromatic rings. The van der Waals surface area contributed by atoms with Crippen LogP contribution in [0.3, 0.4) is 0 Å². The van der Waals surface area contributed by atoms with Gasteiger partial charge in [-0.05, 0) is 26.1 Å². The van der Waals surface area contributed by atoms with Crippen molar-refractivity contribution in [1.29, 1.82) is 0 Å². The second-order valence-electron chi connectivity index (χ2n) is 4.70. The number of benzene rings is 1. The normalized spacial score (nSPS) is 19.5. The quantitative estimate of drug-likeness (QED) is 0.851. The van der Waals surface area contributed by atoms with Gasteiger partial charge < -0.3 is 15.0 Å². The maximum Gasteiger partial charge on any atom is 0.340 e. The van der Waals surface area contributed by atoms with E-state index in [0.29, 0.717) is 6.07 Å². The van der Waals surface area contributed by atoms with Crippen LogP contribution in [-0.2, 0) is 4.74 Å². The van der Waals surface area contributed by atoms with E-state index in [9.17, 15) is 13.6 Å². The van der Waals surface area contributed by atoms with E-state index in [4.69, 9.17) is 0 Å². The molecule has 0 amide bonds. The van der Waals surface area contributed by atoms with Crippen LogP contribution in [0.5, 0.6) is 0 Å². The zero-order chi connectivity index (χ0) is 14.0. The molecule has 1 atom stereocenters. The highest BCUT2D eigenvalue weighted by Gasteiger charge is 2.22. The molecule has 1 heterocycles. The molecule has 0 aromatic heterocycles. The summed E-state index contributed by atoms with van der Waals surface area (Å²) >= 11 is 0. The number of hydrogen-bond donors (Lipinski definition) is 1. The number of methoxy groups -OCH3 is 1. The third-order valence-corrected chi connectivity index (χ3v) is 3.21. The van der Waals surface area contributed by atoms with Gasteiger partial charge in [-0.15, -0.1) is 0 Å². The topological polar surface area (TPSA) is 41.6 Å². The van der Waals surface area contributed by atoms with Gasteiger partial charge in [0.05, 0.1) is 18.4 Å². The summed E-state index contributed by atoms with van der Waals surface area (Å²) in [5.41, 5.74) is -0.139. The van der Waals surface area contributed by atoms with Crippen molar-refractivity contribution in [3.63, 3.8) is 0 Å². The molecule has 1 N–H and O–H groups in total. The van der Waals surface area contributed by atoms with Gasteiger partial charge in [0.1, 0.15) is 11.6 Å². The molecule has 1 aliphatic heterocycles. The molecule has 0 radical (unpaired) electrons. The molecule has 0 saturated carbocycles. The van der Waals surface area contributed by atoms with Crippen LogP contribution in [0.25, 0.3) is 0 Å². The Kier molecular flexibility index (Phi) is 3.99. The molecule has 1 aliphatic rings. The molecular weight excluding hydrogens is 254 g/mol. The summed E-state index contributed by atoms with van der Waals surface area (Å²) in [5, 5.41) is 3.00. The molecule has 1 saturated heterocycles. The van der Waals surface area contributed by atoms with Crippen molar-refractivity contribution in [1.82, 2.24) is 4.90 Å². The number of likely N-dealkylation sites (tertiary alicyclic amines) is 1. The van der Waals surface area contributed by atoms with Gasteiger partial charge in [0.15, 0.2) is 0 Å². The molecule has 19 heavy (non-hydrogen) atoms. The van der Waals surface area contributed by atoms with Gasteiger partial charge in [0.2, 0.25) is 0 Å². The molecule has 6 heteroatoms. The van der Waals surface area contributed by atoms with Crippen molar-refractivity contribution in [2.75, 3.05) is 32.6 Å². The third kappa shape index (κ3) is 3.01. The first kappa shape index (κ1) is 13.7. The minimum absolute atomic E-state index is 0.0930. The number of anilines is 1. The number of halogens is 2. The predicted octanol–water partition coefficient (Wildman–Crippen LogP) is 1.87. The average Bonchev–Trinajstić information content (AvgIpc) is 2.77. The molecule has 104 valence electrons. The minimum Gasteiger partial charge on any atom is -0.465 e. The lowest BCUT2D eigenvalue weighted by Crippen LogP contribution is -2.24. The Bertz CT molecular complexity index is 494. The Morgan fingerprint density at radius 2 is 2.16 bits per heavy atom. The van der Waals surface area contributed by atoms with Gasteiger partial charge in [-0.3, -0.25) is 0 Å². The van der Waals surface area contributed by atoms with Crippen molar-refractivity contribution in [3.8, 4) is 0 Å². The number of nitrogens with one attached hydrogen (secondary N) is 1. The number of carbonyl (C=O) groups excluding carboxylic acids is 1. The van der Waals surface area contributed by atoms with Gasteiger partial charge in [-0.25, -0.2) is 13.6 Å². The minimum atomic E-state index is -0.918. The number of esters is 1. The van der Waals surface area contributed by atoms with E-state index in [2.05, 4.69) is 15.0 Å². The second-order valence-corrected chi connectivity index (χ2v) is 4.70. The number of likely N-dealkylation sites (N-methyl/N-ethyl adjacent to an activating group) is 1. The lowest BCUT2D eigenvalue weighted by atomic mass is 10.1. The summed E-state index contributed by atoms with van der Waals surface area (Å²) in [6.45, 7) is 1.70. The zero-order valence-corrected chi connectivity index (χ0v) is 10.9. The van der Waals surface area contributed by atoms with Crippen molar-refractivity contribution in [2.45, 2.75) is 12.5 Å². The number of ether oxygens (including phenoxy) is 1. The summed E-state index contributed by atoms with van der Waals surface area (Å²) < 4.78 is 31.6. The Balaban J connectivity index is 2.22. The van der Waals surface area contributed by atoms with Gasteiger partial charge >= 0.3 is 5.97 Å². The summed E-state index contributed by atoms with van der Waals surface area (Å²) in [5.74, 6) is -2.44. The zero-order valence-electron chi connectivity index (χ0n) is 10.9. The van der Waals surface area contributed by atoms with Crippen molar-refractivity contribution >= 4 is 11.7 Å². The molecule has 0 spiro atoms. The lowest BCUT2D eigenvalue weighted by molar-refractivity contribution is 0.0595. The standard InChI is InChI=1S/C13H16F2N2O2/c1-17-4-3-8(7-17)16-12-5-9(13(18)19-2)10(14)6-11(12)15/h5-6,8,16H,3-4,7H2,1-2H3. The predicted molar refractivity (Wildman–Crippen MR) is 67.2 cm³/mol. The van der Waals surface area contributed by atoms with Gasteiger partial charge in [-0.1, -0.05) is 0 Å². The van der Waals surface area contributed by atoms with Crippen LogP contribution in [0.15, 0.2) is 12.1 Å². The number of carbonyl (C=O) groups is 1. The molecule has 1 unspecified atom stereocenters. The Morgan fingerprint density at radius 1 is 1.42 bits per heavy atom. The van der Waals surface area contributed by atoms with E-state index in [1.54, 1.807) is 0 Å². The van der Waals surface area contributed by atoms with E-state index in [1.165, 1.54) is 0 Å². The van der Waals surface area contributed by atoms with Crippen LogP contribution in [0.2, 0.25) is 0 Å².